The molecule has 1 heterocycles. The van der Waals surface area contributed by atoms with Crippen LogP contribution in [0.5, 0.6) is 5.75 Å². The minimum Gasteiger partial charge on any atom is -0.493 e. The maximum Gasteiger partial charge on any atom is 0.122 e. The van der Waals surface area contributed by atoms with Gasteiger partial charge >= 0.3 is 0 Å². The molecule has 2 aliphatic rings. The second-order valence-corrected chi connectivity index (χ2v) is 7.72. The SMILES string of the molecule is CSC1(CNCC2CCOc3ccccc32)CCCCC1. The molecule has 1 atom stereocenters. The van der Waals surface area contributed by atoms with Crippen LogP contribution in [0.25, 0.3) is 0 Å². The summed E-state index contributed by atoms with van der Waals surface area (Å²) in [6.07, 6.45) is 10.4. The normalized spacial score (nSPS) is 24.1. The first-order chi connectivity index (χ1) is 10.3. The highest BCUT2D eigenvalue weighted by molar-refractivity contribution is 8.00. The fourth-order valence-electron chi connectivity index (χ4n) is 3.75. The molecule has 2 nitrogen and oxygen atoms in total. The highest BCUT2D eigenvalue weighted by Gasteiger charge is 2.31. The maximum atomic E-state index is 5.76. The van der Waals surface area contributed by atoms with Crippen molar-refractivity contribution in [1.29, 1.82) is 0 Å². The molecule has 0 aromatic heterocycles. The van der Waals surface area contributed by atoms with Crippen LogP contribution in [0.15, 0.2) is 24.3 Å². The van der Waals surface area contributed by atoms with E-state index >= 15 is 0 Å². The molecule has 1 aromatic carbocycles. The second kappa shape index (κ2) is 7.06. The summed E-state index contributed by atoms with van der Waals surface area (Å²) in [5.74, 6) is 1.70. The molecule has 0 saturated heterocycles. The summed E-state index contributed by atoms with van der Waals surface area (Å²) in [7, 11) is 0. The Kier molecular flexibility index (Phi) is 5.12. The molecular formula is C18H27NOS. The summed E-state index contributed by atoms with van der Waals surface area (Å²) in [5.41, 5.74) is 1.39. The van der Waals surface area contributed by atoms with Gasteiger partial charge in [-0.25, -0.2) is 0 Å². The van der Waals surface area contributed by atoms with Gasteiger partial charge in [0.05, 0.1) is 6.61 Å². The lowest BCUT2D eigenvalue weighted by Crippen LogP contribution is -2.41. The van der Waals surface area contributed by atoms with Gasteiger partial charge in [-0.3, -0.25) is 0 Å². The van der Waals surface area contributed by atoms with E-state index < -0.39 is 0 Å². The summed E-state index contributed by atoms with van der Waals surface area (Å²) in [6.45, 7) is 3.10. The van der Waals surface area contributed by atoms with Crippen LogP contribution in [0, 0.1) is 0 Å². The molecule has 1 unspecified atom stereocenters. The number of rotatable bonds is 5. The molecular weight excluding hydrogens is 278 g/mol. The molecule has 1 N–H and O–H groups in total. The third kappa shape index (κ3) is 3.57. The van der Waals surface area contributed by atoms with Crippen LogP contribution in [0.4, 0.5) is 0 Å². The van der Waals surface area contributed by atoms with Crippen LogP contribution in [-0.2, 0) is 0 Å². The molecule has 0 amide bonds. The molecule has 0 radical (unpaired) electrons. The number of benzene rings is 1. The quantitative estimate of drug-likeness (QED) is 0.880. The molecule has 1 aliphatic carbocycles. The number of thioether (sulfide) groups is 1. The van der Waals surface area contributed by atoms with E-state index in [-0.39, 0.29) is 0 Å². The summed E-state index contributed by atoms with van der Waals surface area (Å²) in [4.78, 5) is 0. The third-order valence-corrected chi connectivity index (χ3v) is 6.54. The first-order valence-electron chi connectivity index (χ1n) is 8.31. The Morgan fingerprint density at radius 2 is 2.05 bits per heavy atom. The highest BCUT2D eigenvalue weighted by Crippen LogP contribution is 2.38. The average molecular weight is 305 g/mol. The number of hydrogen-bond donors (Lipinski definition) is 1. The van der Waals surface area contributed by atoms with Crippen LogP contribution in [-0.4, -0.2) is 30.7 Å². The third-order valence-electron chi connectivity index (χ3n) is 5.12. The van der Waals surface area contributed by atoms with Crippen molar-refractivity contribution in [3.8, 4) is 5.75 Å². The summed E-state index contributed by atoms with van der Waals surface area (Å²) < 4.78 is 6.25. The number of para-hydroxylation sites is 1. The van der Waals surface area contributed by atoms with Crippen molar-refractivity contribution in [2.45, 2.75) is 49.2 Å². The topological polar surface area (TPSA) is 21.3 Å². The lowest BCUT2D eigenvalue weighted by Gasteiger charge is -2.36. The van der Waals surface area contributed by atoms with E-state index in [1.807, 2.05) is 0 Å². The molecule has 116 valence electrons. The Labute approximate surface area is 133 Å². The van der Waals surface area contributed by atoms with Gasteiger partial charge in [0.25, 0.3) is 0 Å². The van der Waals surface area contributed by atoms with Crippen molar-refractivity contribution in [2.24, 2.45) is 0 Å². The fourth-order valence-corrected chi connectivity index (χ4v) is 4.69. The predicted molar refractivity (Wildman–Crippen MR) is 91.5 cm³/mol. The van der Waals surface area contributed by atoms with Crippen LogP contribution >= 0.6 is 11.8 Å². The Balaban J connectivity index is 1.56. The van der Waals surface area contributed by atoms with Crippen LogP contribution < -0.4 is 10.1 Å². The van der Waals surface area contributed by atoms with Crippen molar-refractivity contribution in [2.75, 3.05) is 26.0 Å². The van der Waals surface area contributed by atoms with Gasteiger partial charge in [0, 0.05) is 23.8 Å². The zero-order valence-electron chi connectivity index (χ0n) is 13.1. The van der Waals surface area contributed by atoms with E-state index in [2.05, 4.69) is 47.6 Å². The van der Waals surface area contributed by atoms with E-state index in [0.717, 1.165) is 31.9 Å². The zero-order valence-corrected chi connectivity index (χ0v) is 13.9. The predicted octanol–water partition coefficient (Wildman–Crippen LogP) is 4.21. The van der Waals surface area contributed by atoms with E-state index in [0.29, 0.717) is 10.7 Å². The summed E-state index contributed by atoms with van der Waals surface area (Å²) in [6, 6.07) is 8.53. The van der Waals surface area contributed by atoms with Gasteiger partial charge in [-0.05, 0) is 37.1 Å². The minimum absolute atomic E-state index is 0.489. The Morgan fingerprint density at radius 1 is 1.24 bits per heavy atom. The minimum atomic E-state index is 0.489. The first-order valence-corrected chi connectivity index (χ1v) is 9.53. The van der Waals surface area contributed by atoms with Gasteiger partial charge in [-0.15, -0.1) is 0 Å². The number of fused-ring (bicyclic) bond motifs is 1. The first kappa shape index (κ1) is 15.2. The van der Waals surface area contributed by atoms with Crippen molar-refractivity contribution in [3.05, 3.63) is 29.8 Å². The lowest BCUT2D eigenvalue weighted by atomic mass is 9.87. The number of ether oxygens (including phenoxy) is 1. The number of nitrogens with one attached hydrogen (secondary N) is 1. The summed E-state index contributed by atoms with van der Waals surface area (Å²) >= 11 is 2.08. The second-order valence-electron chi connectivity index (χ2n) is 6.45. The van der Waals surface area contributed by atoms with Crippen molar-refractivity contribution in [3.63, 3.8) is 0 Å². The van der Waals surface area contributed by atoms with E-state index in [4.69, 9.17) is 4.74 Å². The summed E-state index contributed by atoms with van der Waals surface area (Å²) in [5, 5.41) is 3.78. The van der Waals surface area contributed by atoms with E-state index in [1.165, 1.54) is 37.7 Å². The zero-order chi connectivity index (χ0) is 14.5. The number of hydrogen-bond acceptors (Lipinski definition) is 3. The van der Waals surface area contributed by atoms with Gasteiger partial charge in [0.1, 0.15) is 5.75 Å². The Hall–Kier alpha value is -0.670. The molecule has 0 spiro atoms. The Morgan fingerprint density at radius 3 is 2.86 bits per heavy atom. The largest absolute Gasteiger partial charge is 0.493 e. The fraction of sp³-hybridized carbons (Fsp3) is 0.667. The van der Waals surface area contributed by atoms with Crippen molar-refractivity contribution in [1.82, 2.24) is 5.32 Å². The average Bonchev–Trinajstić information content (AvgIpc) is 2.56. The highest BCUT2D eigenvalue weighted by atomic mass is 32.2. The molecule has 21 heavy (non-hydrogen) atoms. The van der Waals surface area contributed by atoms with Gasteiger partial charge in [-0.2, -0.15) is 11.8 Å². The molecule has 1 aliphatic heterocycles. The van der Waals surface area contributed by atoms with E-state index in [1.54, 1.807) is 0 Å². The molecule has 3 rings (SSSR count). The maximum absolute atomic E-state index is 5.76. The Bertz CT molecular complexity index is 456. The van der Waals surface area contributed by atoms with Gasteiger partial charge in [0.15, 0.2) is 0 Å². The molecule has 1 saturated carbocycles. The lowest BCUT2D eigenvalue weighted by molar-refractivity contribution is 0.262. The van der Waals surface area contributed by atoms with Crippen LogP contribution in [0.2, 0.25) is 0 Å². The smallest absolute Gasteiger partial charge is 0.122 e. The van der Waals surface area contributed by atoms with Crippen molar-refractivity contribution >= 4 is 11.8 Å². The standard InChI is InChI=1S/C18H27NOS/c1-21-18(10-5-2-6-11-18)14-19-13-15-9-12-20-17-8-4-3-7-16(15)17/h3-4,7-8,15,19H,2,5-6,9-14H2,1H3. The molecule has 1 aromatic rings. The van der Waals surface area contributed by atoms with Crippen LogP contribution in [0.1, 0.15) is 50.0 Å². The van der Waals surface area contributed by atoms with Gasteiger partial charge in [0.2, 0.25) is 0 Å². The van der Waals surface area contributed by atoms with Crippen LogP contribution in [0.3, 0.4) is 0 Å². The monoisotopic (exact) mass is 305 g/mol. The molecule has 1 fully saturated rings. The molecule has 3 heteroatoms. The van der Waals surface area contributed by atoms with Gasteiger partial charge < -0.3 is 10.1 Å². The van der Waals surface area contributed by atoms with Crippen molar-refractivity contribution < 1.29 is 4.74 Å². The van der Waals surface area contributed by atoms with Gasteiger partial charge in [-0.1, -0.05) is 37.5 Å². The van der Waals surface area contributed by atoms with E-state index in [9.17, 15) is 0 Å². The molecule has 0 bridgehead atoms.